The van der Waals surface area contributed by atoms with E-state index < -0.39 is 18.1 Å². The number of amides is 2. The van der Waals surface area contributed by atoms with Crippen molar-refractivity contribution in [2.24, 2.45) is 11.8 Å². The summed E-state index contributed by atoms with van der Waals surface area (Å²) in [7, 11) is 0. The molecule has 1 saturated heterocycles. The van der Waals surface area contributed by atoms with Crippen molar-refractivity contribution in [3.63, 3.8) is 0 Å². The second-order valence-electron chi connectivity index (χ2n) is 7.67. The van der Waals surface area contributed by atoms with Crippen molar-refractivity contribution >= 4 is 23.2 Å². The fourth-order valence-electron chi connectivity index (χ4n) is 4.05. The molecule has 5 nitrogen and oxygen atoms in total. The maximum atomic E-state index is 13.3. The van der Waals surface area contributed by atoms with Crippen LogP contribution in [-0.2, 0) is 4.79 Å². The first kappa shape index (κ1) is 19.9. The molecule has 1 N–H and O–H groups in total. The number of alkyl halides is 3. The fourth-order valence-corrected chi connectivity index (χ4v) is 4.96. The van der Waals surface area contributed by atoms with Gasteiger partial charge in [0.1, 0.15) is 5.69 Å². The summed E-state index contributed by atoms with van der Waals surface area (Å²) < 4.78 is 37.6. The topological polar surface area (TPSA) is 62.3 Å². The summed E-state index contributed by atoms with van der Waals surface area (Å²) in [4.78, 5) is 31.3. The van der Waals surface area contributed by atoms with Gasteiger partial charge >= 0.3 is 12.1 Å². The number of hydrogen-bond acceptors (Lipinski definition) is 4. The second kappa shape index (κ2) is 7.12. The van der Waals surface area contributed by atoms with Gasteiger partial charge in [-0.25, -0.2) is 4.98 Å². The van der Waals surface area contributed by atoms with E-state index in [1.165, 1.54) is 11.3 Å². The second-order valence-corrected chi connectivity index (χ2v) is 8.88. The number of nitrogens with one attached hydrogen (secondary N) is 1. The summed E-state index contributed by atoms with van der Waals surface area (Å²) in [6.45, 7) is 4.07. The van der Waals surface area contributed by atoms with Crippen molar-refractivity contribution in [3.05, 3.63) is 40.5 Å². The Labute approximate surface area is 169 Å². The van der Waals surface area contributed by atoms with Crippen molar-refractivity contribution < 1.29 is 22.8 Å². The standard InChI is InChI=1S/C20H20F3N3O2S/c1-10-4-3-5-12(6-10)17-16(25-11(2)29-17)18(27)26-9-13-7-14(13)15(26)8-24-19(28)20(21,22)23/h3-6,13-15H,7-9H2,1-2H3,(H,24,28)/t13-,14-,15+/m0/s1. The van der Waals surface area contributed by atoms with Gasteiger partial charge in [-0.15, -0.1) is 11.3 Å². The Morgan fingerprint density at radius 2 is 2.07 bits per heavy atom. The molecule has 0 spiro atoms. The summed E-state index contributed by atoms with van der Waals surface area (Å²) in [6.07, 6.45) is -4.06. The molecule has 1 aliphatic carbocycles. The predicted octanol–water partition coefficient (Wildman–Crippen LogP) is 3.57. The summed E-state index contributed by atoms with van der Waals surface area (Å²) in [5, 5.41) is 2.69. The molecule has 29 heavy (non-hydrogen) atoms. The first-order valence-electron chi connectivity index (χ1n) is 9.35. The van der Waals surface area contributed by atoms with Crippen LogP contribution in [0.25, 0.3) is 10.4 Å². The van der Waals surface area contributed by atoms with E-state index in [9.17, 15) is 22.8 Å². The number of benzene rings is 1. The Morgan fingerprint density at radius 1 is 1.31 bits per heavy atom. The van der Waals surface area contributed by atoms with E-state index in [-0.39, 0.29) is 24.3 Å². The minimum atomic E-state index is -4.93. The minimum Gasteiger partial charge on any atom is -0.346 e. The first-order valence-corrected chi connectivity index (χ1v) is 10.2. The highest BCUT2D eigenvalue weighted by Gasteiger charge is 2.54. The SMILES string of the molecule is Cc1cccc(-c2sc(C)nc2C(=O)N2C[C@@H]3C[C@@H]3[C@H]2CNC(=O)C(F)(F)F)c1. The van der Waals surface area contributed by atoms with Crippen LogP contribution in [0.3, 0.4) is 0 Å². The van der Waals surface area contributed by atoms with Crippen LogP contribution in [0.15, 0.2) is 24.3 Å². The molecule has 1 aromatic carbocycles. The number of hydrogen-bond donors (Lipinski definition) is 1. The summed E-state index contributed by atoms with van der Waals surface area (Å²) >= 11 is 1.42. The van der Waals surface area contributed by atoms with Crippen LogP contribution >= 0.6 is 11.3 Å². The maximum absolute atomic E-state index is 13.3. The number of likely N-dealkylation sites (tertiary alicyclic amines) is 1. The molecule has 3 atom stereocenters. The smallest absolute Gasteiger partial charge is 0.346 e. The fraction of sp³-hybridized carbons (Fsp3) is 0.450. The monoisotopic (exact) mass is 423 g/mol. The quantitative estimate of drug-likeness (QED) is 0.818. The molecule has 1 saturated carbocycles. The van der Waals surface area contributed by atoms with Crippen molar-refractivity contribution in [3.8, 4) is 10.4 Å². The lowest BCUT2D eigenvalue weighted by atomic mass is 10.1. The van der Waals surface area contributed by atoms with Crippen molar-refractivity contribution in [2.75, 3.05) is 13.1 Å². The van der Waals surface area contributed by atoms with Crippen LogP contribution in [0, 0.1) is 25.7 Å². The van der Waals surface area contributed by atoms with Crippen LogP contribution in [0.4, 0.5) is 13.2 Å². The number of halogens is 3. The summed E-state index contributed by atoms with van der Waals surface area (Å²) in [5.41, 5.74) is 2.28. The van der Waals surface area contributed by atoms with E-state index in [1.807, 2.05) is 43.4 Å². The molecular formula is C20H20F3N3O2S. The number of fused-ring (bicyclic) bond motifs is 1. The predicted molar refractivity (Wildman–Crippen MR) is 103 cm³/mol. The number of rotatable bonds is 4. The van der Waals surface area contributed by atoms with Gasteiger partial charge in [0.15, 0.2) is 0 Å². The lowest BCUT2D eigenvalue weighted by Gasteiger charge is -2.27. The third-order valence-corrected chi connectivity index (χ3v) is 6.53. The number of aromatic nitrogens is 1. The van der Waals surface area contributed by atoms with Gasteiger partial charge < -0.3 is 10.2 Å². The third-order valence-electron chi connectivity index (χ3n) is 5.51. The third kappa shape index (κ3) is 3.88. The van der Waals surface area contributed by atoms with Crippen molar-refractivity contribution in [2.45, 2.75) is 32.5 Å². The van der Waals surface area contributed by atoms with Crippen LogP contribution < -0.4 is 5.32 Å². The van der Waals surface area contributed by atoms with E-state index in [1.54, 1.807) is 4.90 Å². The van der Waals surface area contributed by atoms with Crippen molar-refractivity contribution in [1.29, 1.82) is 0 Å². The Balaban J connectivity index is 1.57. The van der Waals surface area contributed by atoms with Crippen LogP contribution in [-0.4, -0.2) is 47.0 Å². The van der Waals surface area contributed by atoms with Gasteiger partial charge in [0.25, 0.3) is 5.91 Å². The van der Waals surface area contributed by atoms with E-state index in [0.29, 0.717) is 12.2 Å². The Bertz CT molecular complexity index is 972. The molecule has 2 heterocycles. The van der Waals surface area contributed by atoms with Gasteiger partial charge in [0.05, 0.1) is 15.9 Å². The van der Waals surface area contributed by atoms with Gasteiger partial charge in [-0.05, 0) is 37.7 Å². The number of nitrogens with zero attached hydrogens (tertiary/aromatic N) is 2. The normalized spacial score (nSPS) is 23.1. The lowest BCUT2D eigenvalue weighted by molar-refractivity contribution is -0.173. The van der Waals surface area contributed by atoms with Crippen LogP contribution in [0.5, 0.6) is 0 Å². The minimum absolute atomic E-state index is 0.134. The first-order chi connectivity index (χ1) is 13.6. The largest absolute Gasteiger partial charge is 0.471 e. The Hall–Kier alpha value is -2.42. The molecule has 4 rings (SSSR count). The molecule has 0 radical (unpaired) electrons. The molecule has 2 aromatic rings. The van der Waals surface area contributed by atoms with E-state index >= 15 is 0 Å². The molecule has 9 heteroatoms. The maximum Gasteiger partial charge on any atom is 0.471 e. The summed E-state index contributed by atoms with van der Waals surface area (Å²) in [6, 6.07) is 7.33. The van der Waals surface area contributed by atoms with E-state index in [2.05, 4.69) is 4.98 Å². The molecular weight excluding hydrogens is 403 g/mol. The van der Waals surface area contributed by atoms with E-state index in [4.69, 9.17) is 0 Å². The van der Waals surface area contributed by atoms with Crippen molar-refractivity contribution in [1.82, 2.24) is 15.2 Å². The highest BCUT2D eigenvalue weighted by atomic mass is 32.1. The van der Waals surface area contributed by atoms with Gasteiger partial charge in [-0.2, -0.15) is 13.2 Å². The number of thiazole rings is 1. The zero-order valence-corrected chi connectivity index (χ0v) is 16.7. The number of aryl methyl sites for hydroxylation is 2. The van der Waals surface area contributed by atoms with Crippen LogP contribution in [0.1, 0.15) is 27.5 Å². The molecule has 2 aliphatic rings. The molecule has 154 valence electrons. The van der Waals surface area contributed by atoms with Gasteiger partial charge in [0, 0.05) is 13.1 Å². The Kier molecular flexibility index (Phi) is 4.88. The van der Waals surface area contributed by atoms with Gasteiger partial charge in [0.2, 0.25) is 0 Å². The Morgan fingerprint density at radius 3 is 2.76 bits per heavy atom. The zero-order valence-electron chi connectivity index (χ0n) is 15.9. The van der Waals surface area contributed by atoms with Gasteiger partial charge in [-0.3, -0.25) is 9.59 Å². The van der Waals surface area contributed by atoms with Gasteiger partial charge in [-0.1, -0.05) is 29.8 Å². The van der Waals surface area contributed by atoms with E-state index in [0.717, 1.165) is 27.4 Å². The molecule has 1 aromatic heterocycles. The average molecular weight is 423 g/mol. The molecule has 0 unspecified atom stereocenters. The number of carbonyl (C=O) groups is 2. The average Bonchev–Trinajstić information content (AvgIpc) is 3.16. The number of piperidine rings is 1. The zero-order chi connectivity index (χ0) is 20.9. The molecule has 2 fully saturated rings. The molecule has 0 bridgehead atoms. The van der Waals surface area contributed by atoms with Crippen LogP contribution in [0.2, 0.25) is 0 Å². The highest BCUT2D eigenvalue weighted by molar-refractivity contribution is 7.15. The highest BCUT2D eigenvalue weighted by Crippen LogP contribution is 2.50. The molecule has 2 amide bonds. The number of carbonyl (C=O) groups excluding carboxylic acids is 2. The summed E-state index contributed by atoms with van der Waals surface area (Å²) in [5.74, 6) is -1.84. The lowest BCUT2D eigenvalue weighted by Crippen LogP contribution is -2.48. The molecule has 1 aliphatic heterocycles.